The van der Waals surface area contributed by atoms with Crippen molar-refractivity contribution in [3.63, 3.8) is 0 Å². The van der Waals surface area contributed by atoms with Gasteiger partial charge in [-0.05, 0) is 43.3 Å². The van der Waals surface area contributed by atoms with E-state index in [1.54, 1.807) is 0 Å². The smallest absolute Gasteiger partial charge is 0.222 e. The maximum atomic E-state index is 11.4. The van der Waals surface area contributed by atoms with E-state index in [1.807, 2.05) is 29.2 Å². The Kier molecular flexibility index (Phi) is 5.61. The second-order valence-electron chi connectivity index (χ2n) is 4.73. The molecule has 1 aromatic carbocycles. The summed E-state index contributed by atoms with van der Waals surface area (Å²) in [5, 5.41) is 7.45. The molecule has 0 spiro atoms. The van der Waals surface area contributed by atoms with Crippen molar-refractivity contribution < 1.29 is 4.79 Å². The Balaban J connectivity index is 1.64. The van der Waals surface area contributed by atoms with Crippen molar-refractivity contribution in [3.8, 4) is 0 Å². The second-order valence-corrected chi connectivity index (χ2v) is 5.57. The van der Waals surface area contributed by atoms with E-state index in [1.165, 1.54) is 0 Å². The molecule has 4 nitrogen and oxygen atoms in total. The molecule has 1 aliphatic rings. The fraction of sp³-hybridized carbons (Fsp3) is 0.429. The van der Waals surface area contributed by atoms with Gasteiger partial charge in [-0.25, -0.2) is 0 Å². The lowest BCUT2D eigenvalue weighted by molar-refractivity contribution is -0.127. The zero-order valence-electron chi connectivity index (χ0n) is 11.2. The molecule has 0 aliphatic carbocycles. The lowest BCUT2D eigenvalue weighted by Gasteiger charge is -2.16. The molecule has 0 radical (unpaired) electrons. The molecular formula is C14H18ClN3OS. The molecule has 1 aliphatic heterocycles. The summed E-state index contributed by atoms with van der Waals surface area (Å²) in [5.74, 6) is 0.268. The second kappa shape index (κ2) is 7.45. The topological polar surface area (TPSA) is 44.4 Å². The van der Waals surface area contributed by atoms with Crippen molar-refractivity contribution in [2.45, 2.75) is 19.3 Å². The van der Waals surface area contributed by atoms with Crippen LogP contribution in [0.25, 0.3) is 0 Å². The predicted octanol–water partition coefficient (Wildman–Crippen LogP) is 2.64. The maximum absolute atomic E-state index is 11.4. The Bertz CT molecular complexity index is 495. The molecule has 108 valence electrons. The number of hydrogen-bond acceptors (Lipinski definition) is 2. The summed E-state index contributed by atoms with van der Waals surface area (Å²) >= 11 is 11.1. The lowest BCUT2D eigenvalue weighted by atomic mass is 10.3. The molecular weight excluding hydrogens is 294 g/mol. The average Bonchev–Trinajstić information content (AvgIpc) is 2.80. The van der Waals surface area contributed by atoms with Crippen molar-refractivity contribution in [1.29, 1.82) is 0 Å². The number of thiocarbonyl (C=S) groups is 1. The van der Waals surface area contributed by atoms with Gasteiger partial charge >= 0.3 is 0 Å². The number of rotatable bonds is 5. The Morgan fingerprint density at radius 3 is 3.00 bits per heavy atom. The minimum Gasteiger partial charge on any atom is -0.362 e. The summed E-state index contributed by atoms with van der Waals surface area (Å²) in [6.07, 6.45) is 2.58. The van der Waals surface area contributed by atoms with E-state index >= 15 is 0 Å². The van der Waals surface area contributed by atoms with Gasteiger partial charge in [0.25, 0.3) is 0 Å². The van der Waals surface area contributed by atoms with Crippen LogP contribution >= 0.6 is 23.8 Å². The molecule has 1 aromatic rings. The summed E-state index contributed by atoms with van der Waals surface area (Å²) in [6, 6.07) is 7.41. The van der Waals surface area contributed by atoms with E-state index in [2.05, 4.69) is 10.6 Å². The number of nitrogens with one attached hydrogen (secondary N) is 2. The fourth-order valence-corrected chi connectivity index (χ4v) is 2.56. The first-order valence-corrected chi connectivity index (χ1v) is 7.52. The van der Waals surface area contributed by atoms with E-state index in [9.17, 15) is 4.79 Å². The largest absolute Gasteiger partial charge is 0.362 e. The number of amides is 1. The highest BCUT2D eigenvalue weighted by Crippen LogP contribution is 2.14. The van der Waals surface area contributed by atoms with E-state index in [0.717, 1.165) is 38.2 Å². The first-order chi connectivity index (χ1) is 9.65. The Hall–Kier alpha value is -1.33. The van der Waals surface area contributed by atoms with Crippen molar-refractivity contribution >= 4 is 40.5 Å². The number of nitrogens with zero attached hydrogens (tertiary/aromatic N) is 1. The summed E-state index contributed by atoms with van der Waals surface area (Å²) in [6.45, 7) is 2.44. The Morgan fingerprint density at radius 1 is 1.45 bits per heavy atom. The van der Waals surface area contributed by atoms with E-state index in [4.69, 9.17) is 23.8 Å². The molecule has 1 amide bonds. The van der Waals surface area contributed by atoms with Crippen molar-refractivity contribution in [3.05, 3.63) is 29.3 Å². The molecule has 0 aromatic heterocycles. The Labute approximate surface area is 129 Å². The summed E-state index contributed by atoms with van der Waals surface area (Å²) in [7, 11) is 0. The van der Waals surface area contributed by atoms with Crippen LogP contribution in [0.1, 0.15) is 19.3 Å². The van der Waals surface area contributed by atoms with Crippen LogP contribution in [0.2, 0.25) is 5.02 Å². The van der Waals surface area contributed by atoms with E-state index in [0.29, 0.717) is 16.6 Å². The number of benzene rings is 1. The summed E-state index contributed by atoms with van der Waals surface area (Å²) in [4.78, 5) is 13.3. The first-order valence-electron chi connectivity index (χ1n) is 6.73. The number of hydrogen-bond donors (Lipinski definition) is 2. The number of halogens is 1. The highest BCUT2D eigenvalue weighted by molar-refractivity contribution is 7.80. The van der Waals surface area contributed by atoms with Crippen LogP contribution < -0.4 is 10.6 Å². The number of anilines is 1. The van der Waals surface area contributed by atoms with Gasteiger partial charge in [-0.1, -0.05) is 17.7 Å². The Morgan fingerprint density at radius 2 is 2.30 bits per heavy atom. The average molecular weight is 312 g/mol. The monoisotopic (exact) mass is 311 g/mol. The molecule has 2 rings (SSSR count). The number of likely N-dealkylation sites (tertiary alicyclic amines) is 1. The third-order valence-corrected chi connectivity index (χ3v) is 3.63. The van der Waals surface area contributed by atoms with Crippen LogP contribution in [-0.2, 0) is 4.79 Å². The highest BCUT2D eigenvalue weighted by atomic mass is 35.5. The fourth-order valence-electron chi connectivity index (χ4n) is 2.15. The van der Waals surface area contributed by atoms with Crippen LogP contribution in [0.15, 0.2) is 24.3 Å². The van der Waals surface area contributed by atoms with Crippen molar-refractivity contribution in [2.24, 2.45) is 0 Å². The first kappa shape index (κ1) is 15.1. The van der Waals surface area contributed by atoms with Gasteiger partial charge in [0.15, 0.2) is 5.11 Å². The third-order valence-electron chi connectivity index (χ3n) is 3.14. The van der Waals surface area contributed by atoms with Gasteiger partial charge in [0.05, 0.1) is 0 Å². The minimum atomic E-state index is 0.268. The number of carbonyl (C=O) groups is 1. The molecule has 0 atom stereocenters. The van der Waals surface area contributed by atoms with Gasteiger partial charge in [0.1, 0.15) is 0 Å². The molecule has 20 heavy (non-hydrogen) atoms. The van der Waals surface area contributed by atoms with Crippen LogP contribution in [0.3, 0.4) is 0 Å². The zero-order chi connectivity index (χ0) is 14.4. The van der Waals surface area contributed by atoms with Gasteiger partial charge < -0.3 is 15.5 Å². The molecule has 0 unspecified atom stereocenters. The standard InChI is InChI=1S/C14H18ClN3OS/c15-11-4-1-5-12(10-11)17-14(20)16-7-3-9-18-8-2-6-13(18)19/h1,4-5,10H,2-3,6-9H2,(H2,16,17,20). The predicted molar refractivity (Wildman–Crippen MR) is 86.1 cm³/mol. The molecule has 1 heterocycles. The van der Waals surface area contributed by atoms with E-state index in [-0.39, 0.29) is 5.91 Å². The SMILES string of the molecule is O=C1CCCN1CCCNC(=S)Nc1cccc(Cl)c1. The van der Waals surface area contributed by atoms with Crippen LogP contribution in [-0.4, -0.2) is 35.6 Å². The van der Waals surface area contributed by atoms with Crippen LogP contribution in [0.4, 0.5) is 5.69 Å². The molecule has 6 heteroatoms. The third kappa shape index (κ3) is 4.65. The quantitative estimate of drug-likeness (QED) is 0.648. The molecule has 1 saturated heterocycles. The van der Waals surface area contributed by atoms with Gasteiger partial charge in [0.2, 0.25) is 5.91 Å². The molecule has 1 fully saturated rings. The van der Waals surface area contributed by atoms with Crippen LogP contribution in [0.5, 0.6) is 0 Å². The van der Waals surface area contributed by atoms with Gasteiger partial charge in [0, 0.05) is 36.8 Å². The zero-order valence-corrected chi connectivity index (χ0v) is 12.8. The lowest BCUT2D eigenvalue weighted by Crippen LogP contribution is -2.32. The summed E-state index contributed by atoms with van der Waals surface area (Å²) in [5.41, 5.74) is 0.865. The van der Waals surface area contributed by atoms with Crippen LogP contribution in [0, 0.1) is 0 Å². The maximum Gasteiger partial charge on any atom is 0.222 e. The van der Waals surface area contributed by atoms with Crippen molar-refractivity contribution in [1.82, 2.24) is 10.2 Å². The van der Waals surface area contributed by atoms with E-state index < -0.39 is 0 Å². The number of carbonyl (C=O) groups excluding carboxylic acids is 1. The van der Waals surface area contributed by atoms with Gasteiger partial charge in [-0.3, -0.25) is 4.79 Å². The minimum absolute atomic E-state index is 0.268. The molecule has 0 saturated carbocycles. The molecule has 2 N–H and O–H groups in total. The van der Waals surface area contributed by atoms with Gasteiger partial charge in [-0.2, -0.15) is 0 Å². The highest BCUT2D eigenvalue weighted by Gasteiger charge is 2.18. The van der Waals surface area contributed by atoms with Crippen molar-refractivity contribution in [2.75, 3.05) is 25.0 Å². The summed E-state index contributed by atoms with van der Waals surface area (Å²) < 4.78 is 0. The molecule has 0 bridgehead atoms. The van der Waals surface area contributed by atoms with Gasteiger partial charge in [-0.15, -0.1) is 0 Å². The normalized spacial score (nSPS) is 14.4.